The molecule has 0 unspecified atom stereocenters. The van der Waals surface area contributed by atoms with Crippen LogP contribution in [0.5, 0.6) is 5.75 Å². The summed E-state index contributed by atoms with van der Waals surface area (Å²) >= 11 is 0. The number of amides is 2. The van der Waals surface area contributed by atoms with Gasteiger partial charge in [0.25, 0.3) is 5.91 Å². The normalized spacial score (nSPS) is 15.5. The lowest BCUT2D eigenvalue weighted by atomic mass is 10.1. The Kier molecular flexibility index (Phi) is 6.67. The van der Waals surface area contributed by atoms with E-state index in [-0.39, 0.29) is 17.7 Å². The number of methoxy groups -OCH3 is 1. The topological polar surface area (TPSA) is 102 Å². The Labute approximate surface area is 192 Å². The lowest BCUT2D eigenvalue weighted by Gasteiger charge is -2.17. The fraction of sp³-hybridized carbons (Fsp3) is 0.375. The number of anilines is 1. The number of carbonyl (C=O) groups excluding carboxylic acids is 2. The Balaban J connectivity index is 1.35. The summed E-state index contributed by atoms with van der Waals surface area (Å²) in [6.45, 7) is 5.64. The fourth-order valence-corrected chi connectivity index (χ4v) is 3.99. The van der Waals surface area contributed by atoms with Crippen molar-refractivity contribution in [1.82, 2.24) is 24.4 Å². The largest absolute Gasteiger partial charge is 0.497 e. The van der Waals surface area contributed by atoms with Crippen LogP contribution in [0.1, 0.15) is 46.5 Å². The first-order valence-electron chi connectivity index (χ1n) is 11.0. The fourth-order valence-electron chi connectivity index (χ4n) is 3.99. The summed E-state index contributed by atoms with van der Waals surface area (Å²) in [7, 11) is 1.59. The second-order valence-electron chi connectivity index (χ2n) is 8.15. The van der Waals surface area contributed by atoms with Crippen LogP contribution in [0.4, 0.5) is 5.69 Å². The zero-order chi connectivity index (χ0) is 23.4. The predicted molar refractivity (Wildman–Crippen MR) is 123 cm³/mol. The van der Waals surface area contributed by atoms with Gasteiger partial charge in [0, 0.05) is 56.3 Å². The van der Waals surface area contributed by atoms with Crippen molar-refractivity contribution in [3.05, 3.63) is 65.8 Å². The van der Waals surface area contributed by atoms with E-state index < -0.39 is 0 Å². The maximum atomic E-state index is 12.7. The molecule has 33 heavy (non-hydrogen) atoms. The average molecular weight is 449 g/mol. The molecule has 3 aromatic rings. The average Bonchev–Trinajstić information content (AvgIpc) is 3.47. The number of imidazole rings is 1. The van der Waals surface area contributed by atoms with E-state index in [0.717, 1.165) is 18.0 Å². The van der Waals surface area contributed by atoms with E-state index in [0.29, 0.717) is 48.8 Å². The van der Waals surface area contributed by atoms with Gasteiger partial charge in [-0.25, -0.2) is 15.0 Å². The van der Waals surface area contributed by atoms with Crippen molar-refractivity contribution < 1.29 is 14.3 Å². The van der Waals surface area contributed by atoms with Gasteiger partial charge >= 0.3 is 0 Å². The molecule has 0 aliphatic carbocycles. The maximum absolute atomic E-state index is 12.7. The van der Waals surface area contributed by atoms with E-state index in [4.69, 9.17) is 4.74 Å². The van der Waals surface area contributed by atoms with Gasteiger partial charge in [0.1, 0.15) is 17.4 Å². The number of hydrogen-bond acceptors (Lipinski definition) is 6. The third-order valence-electron chi connectivity index (χ3n) is 5.99. The van der Waals surface area contributed by atoms with Crippen molar-refractivity contribution in [1.29, 1.82) is 0 Å². The van der Waals surface area contributed by atoms with Crippen LogP contribution in [0.3, 0.4) is 0 Å². The highest BCUT2D eigenvalue weighted by molar-refractivity contribution is 6.04. The van der Waals surface area contributed by atoms with Crippen LogP contribution in [0.15, 0.2) is 42.9 Å². The molecule has 2 amide bonds. The smallest absolute Gasteiger partial charge is 0.259 e. The summed E-state index contributed by atoms with van der Waals surface area (Å²) in [4.78, 5) is 40.4. The Hall–Kier alpha value is -3.75. The van der Waals surface area contributed by atoms with Crippen LogP contribution < -0.4 is 10.1 Å². The number of ether oxygens (including phenoxy) is 1. The molecule has 1 aliphatic heterocycles. The molecule has 2 aromatic heterocycles. The van der Waals surface area contributed by atoms with E-state index in [2.05, 4.69) is 20.3 Å². The number of carbonyl (C=O) groups is 2. The zero-order valence-corrected chi connectivity index (χ0v) is 19.1. The zero-order valence-electron chi connectivity index (χ0n) is 19.1. The summed E-state index contributed by atoms with van der Waals surface area (Å²) in [5, 5.41) is 2.86. The lowest BCUT2D eigenvalue weighted by Crippen LogP contribution is -2.29. The third-order valence-corrected chi connectivity index (χ3v) is 5.99. The van der Waals surface area contributed by atoms with Crippen molar-refractivity contribution in [3.63, 3.8) is 0 Å². The van der Waals surface area contributed by atoms with Gasteiger partial charge in [-0.15, -0.1) is 0 Å². The summed E-state index contributed by atoms with van der Waals surface area (Å²) in [6, 6.07) is 7.12. The van der Waals surface area contributed by atoms with E-state index in [1.807, 2.05) is 22.6 Å². The molecule has 3 heterocycles. The minimum Gasteiger partial charge on any atom is -0.497 e. The predicted octanol–water partition coefficient (Wildman–Crippen LogP) is 2.96. The number of nitrogens with one attached hydrogen (secondary N) is 1. The van der Waals surface area contributed by atoms with Crippen molar-refractivity contribution in [2.24, 2.45) is 0 Å². The molecule has 0 spiro atoms. The molecule has 4 rings (SSSR count). The quantitative estimate of drug-likeness (QED) is 0.596. The molecule has 0 bridgehead atoms. The summed E-state index contributed by atoms with van der Waals surface area (Å²) < 4.78 is 7.12. The van der Waals surface area contributed by atoms with Crippen LogP contribution in [0, 0.1) is 13.8 Å². The first-order chi connectivity index (χ1) is 15.9. The van der Waals surface area contributed by atoms with Gasteiger partial charge in [-0.2, -0.15) is 0 Å². The van der Waals surface area contributed by atoms with Crippen LogP contribution in [0.2, 0.25) is 0 Å². The molecule has 1 fully saturated rings. The number of hydrogen-bond donors (Lipinski definition) is 1. The van der Waals surface area contributed by atoms with Gasteiger partial charge in [-0.1, -0.05) is 0 Å². The number of aryl methyl sites for hydroxylation is 3. The van der Waals surface area contributed by atoms with E-state index in [1.54, 1.807) is 50.7 Å². The highest BCUT2D eigenvalue weighted by atomic mass is 16.5. The van der Waals surface area contributed by atoms with Crippen molar-refractivity contribution in [3.8, 4) is 5.75 Å². The molecule has 1 aromatic carbocycles. The van der Waals surface area contributed by atoms with E-state index in [9.17, 15) is 9.59 Å². The summed E-state index contributed by atoms with van der Waals surface area (Å²) in [5.41, 5.74) is 1.71. The van der Waals surface area contributed by atoms with Crippen LogP contribution in [-0.4, -0.2) is 56.4 Å². The Morgan fingerprint density at radius 2 is 1.97 bits per heavy atom. The van der Waals surface area contributed by atoms with Gasteiger partial charge in [0.2, 0.25) is 5.91 Å². The molecule has 0 saturated carbocycles. The Bertz CT molecular complexity index is 1140. The molecule has 1 atom stereocenters. The number of benzene rings is 1. The highest BCUT2D eigenvalue weighted by Crippen LogP contribution is 2.26. The van der Waals surface area contributed by atoms with Gasteiger partial charge in [0.05, 0.1) is 18.4 Å². The van der Waals surface area contributed by atoms with Gasteiger partial charge in [-0.3, -0.25) is 9.59 Å². The van der Waals surface area contributed by atoms with Crippen molar-refractivity contribution in [2.75, 3.05) is 25.5 Å². The Morgan fingerprint density at radius 3 is 2.64 bits per heavy atom. The highest BCUT2D eigenvalue weighted by Gasteiger charge is 2.29. The molecule has 172 valence electrons. The van der Waals surface area contributed by atoms with Crippen LogP contribution in [-0.2, 0) is 11.3 Å². The number of nitrogens with zero attached hydrogens (tertiary/aromatic N) is 5. The number of aromatic nitrogens is 4. The molecule has 0 radical (unpaired) electrons. The minimum atomic E-state index is -0.262. The van der Waals surface area contributed by atoms with Crippen molar-refractivity contribution >= 4 is 17.5 Å². The molecule has 9 nitrogen and oxygen atoms in total. The third kappa shape index (κ3) is 5.19. The molecule has 1 aliphatic rings. The molecule has 1 saturated heterocycles. The second-order valence-corrected chi connectivity index (χ2v) is 8.15. The van der Waals surface area contributed by atoms with Crippen molar-refractivity contribution in [2.45, 2.75) is 39.2 Å². The Morgan fingerprint density at radius 1 is 1.18 bits per heavy atom. The van der Waals surface area contributed by atoms with Crippen LogP contribution in [0.25, 0.3) is 0 Å². The summed E-state index contributed by atoms with van der Waals surface area (Å²) in [6.07, 6.45) is 6.45. The first kappa shape index (κ1) is 22.4. The monoisotopic (exact) mass is 448 g/mol. The lowest BCUT2D eigenvalue weighted by molar-refractivity contribution is -0.130. The number of rotatable bonds is 7. The maximum Gasteiger partial charge on any atom is 0.259 e. The van der Waals surface area contributed by atoms with E-state index >= 15 is 0 Å². The molecule has 1 N–H and O–H groups in total. The second kappa shape index (κ2) is 9.81. The molecular weight excluding hydrogens is 420 g/mol. The summed E-state index contributed by atoms with van der Waals surface area (Å²) in [5.74, 6) is 2.23. The van der Waals surface area contributed by atoms with Crippen LogP contribution >= 0.6 is 0 Å². The number of likely N-dealkylation sites (tertiary alicyclic amines) is 1. The van der Waals surface area contributed by atoms with Gasteiger partial charge in [0.15, 0.2) is 0 Å². The van der Waals surface area contributed by atoms with Gasteiger partial charge < -0.3 is 19.5 Å². The van der Waals surface area contributed by atoms with E-state index in [1.165, 1.54) is 0 Å². The molecule has 9 heteroatoms. The SMILES string of the molecule is COc1ccc(NC(=O)c2cnc([C@H]3CCN(C(=O)CCn4ccnc4C)C3)nc2C)cc1. The molecular formula is C24H28N6O3. The van der Waals surface area contributed by atoms with Gasteiger partial charge in [-0.05, 0) is 44.5 Å². The standard InChI is InChI=1S/C24H28N6O3/c1-16-21(24(32)28-19-4-6-20(33-3)7-5-19)14-26-23(27-16)18-8-11-30(15-18)22(31)9-12-29-13-10-25-17(29)2/h4-7,10,13-14,18H,8-9,11-12,15H2,1-3H3,(H,28,32)/t18-/m0/s1. The first-order valence-corrected chi connectivity index (χ1v) is 11.0. The minimum absolute atomic E-state index is 0.0707.